The minimum absolute atomic E-state index is 0.0181. The lowest BCUT2D eigenvalue weighted by Gasteiger charge is -2.11. The molecule has 0 saturated carbocycles. The minimum atomic E-state index is -0.329. The fourth-order valence-corrected chi connectivity index (χ4v) is 2.33. The molecular formula is C15H14N4O2. The lowest BCUT2D eigenvalue weighted by molar-refractivity contribution is 0.628. The first-order valence-corrected chi connectivity index (χ1v) is 6.26. The average molecular weight is 282 g/mol. The lowest BCUT2D eigenvalue weighted by Crippen LogP contribution is -2.12. The zero-order valence-corrected chi connectivity index (χ0v) is 11.1. The normalized spacial score (nSPS) is 10.9. The van der Waals surface area contributed by atoms with E-state index in [0.29, 0.717) is 5.56 Å². The van der Waals surface area contributed by atoms with Gasteiger partial charge < -0.3 is 27.4 Å². The van der Waals surface area contributed by atoms with Crippen LogP contribution in [-0.4, -0.2) is 0 Å². The SMILES string of the molecule is Nc1cc(N)c2c(=O)c(-c3ccccc3)c(N)oc2c1N. The molecule has 0 fully saturated rings. The van der Waals surface area contributed by atoms with Crippen LogP contribution in [0.4, 0.5) is 22.9 Å². The number of hydrogen-bond donors (Lipinski definition) is 4. The fraction of sp³-hybridized carbons (Fsp3) is 0. The van der Waals surface area contributed by atoms with Crippen LogP contribution in [0, 0.1) is 0 Å². The first-order valence-electron chi connectivity index (χ1n) is 6.26. The molecule has 3 aromatic rings. The van der Waals surface area contributed by atoms with Gasteiger partial charge in [0.15, 0.2) is 5.58 Å². The van der Waals surface area contributed by atoms with Crippen molar-refractivity contribution >= 4 is 33.9 Å². The van der Waals surface area contributed by atoms with Crippen molar-refractivity contribution in [2.24, 2.45) is 0 Å². The first-order chi connectivity index (χ1) is 10.0. The quantitative estimate of drug-likeness (QED) is 0.502. The van der Waals surface area contributed by atoms with Crippen molar-refractivity contribution in [3.8, 4) is 11.1 Å². The Hall–Kier alpha value is -3.15. The molecule has 2 aromatic carbocycles. The fourth-order valence-electron chi connectivity index (χ4n) is 2.33. The van der Waals surface area contributed by atoms with Gasteiger partial charge in [0.2, 0.25) is 11.3 Å². The molecule has 21 heavy (non-hydrogen) atoms. The zero-order chi connectivity index (χ0) is 15.1. The van der Waals surface area contributed by atoms with Gasteiger partial charge >= 0.3 is 0 Å². The van der Waals surface area contributed by atoms with Crippen molar-refractivity contribution < 1.29 is 4.42 Å². The van der Waals surface area contributed by atoms with Gasteiger partial charge in [-0.1, -0.05) is 30.3 Å². The Morgan fingerprint density at radius 3 is 2.24 bits per heavy atom. The van der Waals surface area contributed by atoms with Crippen LogP contribution >= 0.6 is 0 Å². The summed E-state index contributed by atoms with van der Waals surface area (Å²) < 4.78 is 5.51. The summed E-state index contributed by atoms with van der Waals surface area (Å²) in [5.41, 5.74) is 24.7. The second kappa shape index (κ2) is 4.45. The van der Waals surface area contributed by atoms with Crippen molar-refractivity contribution in [2.75, 3.05) is 22.9 Å². The van der Waals surface area contributed by atoms with Crippen LogP contribution in [0.5, 0.6) is 0 Å². The predicted octanol–water partition coefficient (Wildman–Crippen LogP) is 1.79. The third-order valence-electron chi connectivity index (χ3n) is 3.36. The molecule has 0 aliphatic rings. The van der Waals surface area contributed by atoms with E-state index >= 15 is 0 Å². The van der Waals surface area contributed by atoms with Crippen LogP contribution in [-0.2, 0) is 0 Å². The van der Waals surface area contributed by atoms with E-state index in [1.807, 2.05) is 6.07 Å². The predicted molar refractivity (Wildman–Crippen MR) is 85.6 cm³/mol. The van der Waals surface area contributed by atoms with Gasteiger partial charge in [0.25, 0.3) is 0 Å². The highest BCUT2D eigenvalue weighted by Gasteiger charge is 2.18. The molecule has 1 aromatic heterocycles. The molecule has 6 nitrogen and oxygen atoms in total. The van der Waals surface area contributed by atoms with Crippen LogP contribution in [0.3, 0.4) is 0 Å². The van der Waals surface area contributed by atoms with Crippen molar-refractivity contribution in [2.45, 2.75) is 0 Å². The zero-order valence-electron chi connectivity index (χ0n) is 11.1. The molecular weight excluding hydrogens is 268 g/mol. The van der Waals surface area contributed by atoms with E-state index in [4.69, 9.17) is 27.4 Å². The van der Waals surface area contributed by atoms with E-state index in [1.165, 1.54) is 6.07 Å². The third kappa shape index (κ3) is 1.85. The van der Waals surface area contributed by atoms with E-state index in [9.17, 15) is 4.79 Å². The maximum atomic E-state index is 12.7. The molecule has 0 saturated heterocycles. The van der Waals surface area contributed by atoms with Gasteiger partial charge in [-0.2, -0.15) is 0 Å². The lowest BCUT2D eigenvalue weighted by atomic mass is 10.0. The Labute approximate surface area is 119 Å². The second-order valence-electron chi connectivity index (χ2n) is 4.71. The summed E-state index contributed by atoms with van der Waals surface area (Å²) in [5, 5.41) is 0.190. The van der Waals surface area contributed by atoms with Crippen LogP contribution in [0.15, 0.2) is 45.6 Å². The molecule has 1 heterocycles. The number of hydrogen-bond acceptors (Lipinski definition) is 6. The molecule has 0 atom stereocenters. The Morgan fingerprint density at radius 2 is 1.57 bits per heavy atom. The van der Waals surface area contributed by atoms with E-state index < -0.39 is 0 Å². The van der Waals surface area contributed by atoms with Crippen LogP contribution in [0.2, 0.25) is 0 Å². The van der Waals surface area contributed by atoms with E-state index in [0.717, 1.165) is 0 Å². The summed E-state index contributed by atoms with van der Waals surface area (Å²) in [6.07, 6.45) is 0. The molecule has 0 bridgehead atoms. The first kappa shape index (κ1) is 12.9. The molecule has 0 aliphatic carbocycles. The molecule has 0 amide bonds. The summed E-state index contributed by atoms with van der Waals surface area (Å²) in [4.78, 5) is 12.7. The van der Waals surface area contributed by atoms with E-state index in [1.54, 1.807) is 24.3 Å². The highest BCUT2D eigenvalue weighted by atomic mass is 16.3. The Morgan fingerprint density at radius 1 is 0.905 bits per heavy atom. The topological polar surface area (TPSA) is 134 Å². The van der Waals surface area contributed by atoms with Gasteiger partial charge in [-0.15, -0.1) is 0 Å². The monoisotopic (exact) mass is 282 g/mol. The molecule has 106 valence electrons. The number of fused-ring (bicyclic) bond motifs is 1. The summed E-state index contributed by atoms with van der Waals surface area (Å²) in [6, 6.07) is 10.4. The number of anilines is 4. The molecule has 6 heteroatoms. The second-order valence-corrected chi connectivity index (χ2v) is 4.71. The highest BCUT2D eigenvalue weighted by molar-refractivity contribution is 6.03. The van der Waals surface area contributed by atoms with Gasteiger partial charge in [-0.3, -0.25) is 4.79 Å². The van der Waals surface area contributed by atoms with Crippen LogP contribution < -0.4 is 28.4 Å². The van der Waals surface area contributed by atoms with Crippen molar-refractivity contribution in [3.63, 3.8) is 0 Å². The minimum Gasteiger partial charge on any atom is -0.438 e. The third-order valence-corrected chi connectivity index (χ3v) is 3.36. The van der Waals surface area contributed by atoms with Crippen LogP contribution in [0.1, 0.15) is 0 Å². The maximum Gasteiger partial charge on any atom is 0.204 e. The summed E-state index contributed by atoms with van der Waals surface area (Å²) in [6.45, 7) is 0. The molecule has 0 spiro atoms. The highest BCUT2D eigenvalue weighted by Crippen LogP contribution is 2.34. The van der Waals surface area contributed by atoms with Gasteiger partial charge in [-0.05, 0) is 11.6 Å². The van der Waals surface area contributed by atoms with E-state index in [-0.39, 0.29) is 44.9 Å². The Balaban J connectivity index is 2.49. The van der Waals surface area contributed by atoms with Crippen molar-refractivity contribution in [3.05, 3.63) is 46.6 Å². The molecule has 0 aliphatic heterocycles. The smallest absolute Gasteiger partial charge is 0.204 e. The van der Waals surface area contributed by atoms with Gasteiger partial charge in [-0.25, -0.2) is 0 Å². The number of rotatable bonds is 1. The van der Waals surface area contributed by atoms with Gasteiger partial charge in [0, 0.05) is 5.69 Å². The summed E-state index contributed by atoms with van der Waals surface area (Å²) in [5.74, 6) is -0.0181. The van der Waals surface area contributed by atoms with Crippen molar-refractivity contribution in [1.82, 2.24) is 0 Å². The number of nitrogens with two attached hydrogens (primary N) is 4. The standard InChI is InChI=1S/C15H14N4O2/c16-8-6-9(17)12(18)14-11(8)13(20)10(15(19)21-14)7-4-2-1-3-5-7/h1-6H,16-19H2. The Bertz CT molecular complexity index is 901. The van der Waals surface area contributed by atoms with Crippen molar-refractivity contribution in [1.29, 1.82) is 0 Å². The average Bonchev–Trinajstić information content (AvgIpc) is 2.45. The molecule has 8 N–H and O–H groups in total. The Kier molecular flexibility index (Phi) is 2.72. The largest absolute Gasteiger partial charge is 0.438 e. The molecule has 0 unspecified atom stereocenters. The van der Waals surface area contributed by atoms with Gasteiger partial charge in [0.05, 0.1) is 22.3 Å². The maximum absolute atomic E-state index is 12.7. The van der Waals surface area contributed by atoms with Crippen LogP contribution in [0.25, 0.3) is 22.1 Å². The summed E-state index contributed by atoms with van der Waals surface area (Å²) >= 11 is 0. The number of nitrogen functional groups attached to an aromatic ring is 4. The molecule has 0 radical (unpaired) electrons. The molecule has 3 rings (SSSR count). The summed E-state index contributed by atoms with van der Waals surface area (Å²) in [7, 11) is 0. The van der Waals surface area contributed by atoms with E-state index in [2.05, 4.69) is 0 Å². The number of benzene rings is 2. The van der Waals surface area contributed by atoms with Gasteiger partial charge in [0.1, 0.15) is 0 Å².